The highest BCUT2D eigenvalue weighted by atomic mass is 32.2. The third-order valence-electron chi connectivity index (χ3n) is 3.83. The highest BCUT2D eigenvalue weighted by Crippen LogP contribution is 2.32. The van der Waals surface area contributed by atoms with Crippen LogP contribution in [0.5, 0.6) is 0 Å². The van der Waals surface area contributed by atoms with Crippen molar-refractivity contribution in [3.63, 3.8) is 0 Å². The minimum absolute atomic E-state index is 0.0270. The van der Waals surface area contributed by atoms with Crippen LogP contribution in [0.1, 0.15) is 16.4 Å². The molecule has 3 rings (SSSR count). The van der Waals surface area contributed by atoms with Gasteiger partial charge in [0.2, 0.25) is 0 Å². The predicted molar refractivity (Wildman–Crippen MR) is 95.1 cm³/mol. The maximum Gasteiger partial charge on any atom is 0.278 e. The molecule has 122 valence electrons. The molecule has 0 spiro atoms. The minimum atomic E-state index is -3.45. The Morgan fingerprint density at radius 2 is 2.00 bits per heavy atom. The SMILES string of the molecule is CN(C)S(=O)(=O)NC[C@@H](c1cccs1)c1c[nH]c2ccccc12. The van der Waals surface area contributed by atoms with Gasteiger partial charge in [0.25, 0.3) is 10.2 Å². The highest BCUT2D eigenvalue weighted by molar-refractivity contribution is 7.87. The Morgan fingerprint density at radius 1 is 1.22 bits per heavy atom. The summed E-state index contributed by atoms with van der Waals surface area (Å²) in [4.78, 5) is 4.40. The molecule has 5 nitrogen and oxygen atoms in total. The fourth-order valence-corrected chi connectivity index (χ4v) is 4.03. The molecule has 7 heteroatoms. The molecule has 2 heterocycles. The molecule has 0 aliphatic carbocycles. The number of fused-ring (bicyclic) bond motifs is 1. The van der Waals surface area contributed by atoms with Crippen molar-refractivity contribution in [1.82, 2.24) is 14.0 Å². The Kier molecular flexibility index (Phi) is 4.54. The smallest absolute Gasteiger partial charge is 0.278 e. The first-order chi connectivity index (χ1) is 11.0. The maximum absolute atomic E-state index is 12.0. The Morgan fingerprint density at radius 3 is 2.70 bits per heavy atom. The minimum Gasteiger partial charge on any atom is -0.361 e. The number of aromatic nitrogens is 1. The number of thiophene rings is 1. The van der Waals surface area contributed by atoms with Gasteiger partial charge in [-0.15, -0.1) is 11.3 Å². The third-order valence-corrected chi connectivity index (χ3v) is 6.31. The average molecular weight is 349 g/mol. The second-order valence-corrected chi connectivity index (χ2v) is 8.44. The van der Waals surface area contributed by atoms with Crippen LogP contribution in [0.25, 0.3) is 10.9 Å². The van der Waals surface area contributed by atoms with Gasteiger partial charge in [0, 0.05) is 48.5 Å². The summed E-state index contributed by atoms with van der Waals surface area (Å²) in [5.41, 5.74) is 2.16. The Labute approximate surface area is 140 Å². The predicted octanol–water partition coefficient (Wildman–Crippen LogP) is 2.76. The summed E-state index contributed by atoms with van der Waals surface area (Å²) in [6.07, 6.45) is 1.97. The monoisotopic (exact) mass is 349 g/mol. The van der Waals surface area contributed by atoms with Crippen LogP contribution in [0.4, 0.5) is 0 Å². The molecule has 2 N–H and O–H groups in total. The Bertz CT molecular complexity index is 883. The molecule has 0 aliphatic rings. The average Bonchev–Trinajstić information content (AvgIpc) is 3.18. The molecule has 23 heavy (non-hydrogen) atoms. The van der Waals surface area contributed by atoms with E-state index >= 15 is 0 Å². The zero-order valence-corrected chi connectivity index (χ0v) is 14.6. The first-order valence-electron chi connectivity index (χ1n) is 7.25. The molecular weight excluding hydrogens is 330 g/mol. The number of rotatable bonds is 6. The fourth-order valence-electron chi connectivity index (χ4n) is 2.55. The van der Waals surface area contributed by atoms with Crippen LogP contribution in [-0.2, 0) is 10.2 Å². The van der Waals surface area contributed by atoms with Crippen molar-refractivity contribution in [1.29, 1.82) is 0 Å². The van der Waals surface area contributed by atoms with Gasteiger partial charge in [-0.3, -0.25) is 0 Å². The van der Waals surface area contributed by atoms with Crippen molar-refractivity contribution in [2.75, 3.05) is 20.6 Å². The molecule has 0 saturated carbocycles. The second kappa shape index (κ2) is 6.45. The molecule has 0 radical (unpaired) electrons. The van der Waals surface area contributed by atoms with E-state index in [4.69, 9.17) is 0 Å². The zero-order valence-electron chi connectivity index (χ0n) is 13.0. The van der Waals surface area contributed by atoms with Crippen LogP contribution in [0.3, 0.4) is 0 Å². The first-order valence-corrected chi connectivity index (χ1v) is 9.57. The van der Waals surface area contributed by atoms with E-state index in [9.17, 15) is 8.42 Å². The van der Waals surface area contributed by atoms with Gasteiger partial charge in [0.15, 0.2) is 0 Å². The van der Waals surface area contributed by atoms with E-state index < -0.39 is 10.2 Å². The highest BCUT2D eigenvalue weighted by Gasteiger charge is 2.22. The molecular formula is C16H19N3O2S2. The van der Waals surface area contributed by atoms with Crippen LogP contribution < -0.4 is 4.72 Å². The molecule has 1 aromatic carbocycles. The maximum atomic E-state index is 12.0. The summed E-state index contributed by atoms with van der Waals surface area (Å²) in [6.45, 7) is 0.322. The van der Waals surface area contributed by atoms with Crippen molar-refractivity contribution in [2.45, 2.75) is 5.92 Å². The molecule has 1 atom stereocenters. The van der Waals surface area contributed by atoms with Crippen molar-refractivity contribution in [2.24, 2.45) is 0 Å². The summed E-state index contributed by atoms with van der Waals surface area (Å²) >= 11 is 1.63. The van der Waals surface area contributed by atoms with E-state index in [0.29, 0.717) is 6.54 Å². The van der Waals surface area contributed by atoms with Gasteiger partial charge in [-0.2, -0.15) is 12.7 Å². The molecule has 0 bridgehead atoms. The second-order valence-electron chi connectivity index (χ2n) is 5.49. The molecule has 0 unspecified atom stereocenters. The molecule has 3 aromatic rings. The van der Waals surface area contributed by atoms with Crippen LogP contribution in [0.2, 0.25) is 0 Å². The summed E-state index contributed by atoms with van der Waals surface area (Å²) in [5.74, 6) is -0.0270. The van der Waals surface area contributed by atoms with E-state index in [1.54, 1.807) is 11.3 Å². The van der Waals surface area contributed by atoms with E-state index in [0.717, 1.165) is 21.3 Å². The van der Waals surface area contributed by atoms with Crippen LogP contribution in [0, 0.1) is 0 Å². The van der Waals surface area contributed by atoms with E-state index in [-0.39, 0.29) is 5.92 Å². The molecule has 0 amide bonds. The van der Waals surface area contributed by atoms with Gasteiger partial charge in [-0.1, -0.05) is 24.3 Å². The van der Waals surface area contributed by atoms with E-state index in [1.165, 1.54) is 18.4 Å². The van der Waals surface area contributed by atoms with Crippen LogP contribution in [-0.4, -0.2) is 38.3 Å². The summed E-state index contributed by atoms with van der Waals surface area (Å²) in [5, 5.41) is 3.13. The van der Waals surface area contributed by atoms with Gasteiger partial charge in [0.1, 0.15) is 0 Å². The lowest BCUT2D eigenvalue weighted by molar-refractivity contribution is 0.503. The van der Waals surface area contributed by atoms with Crippen molar-refractivity contribution in [3.8, 4) is 0 Å². The van der Waals surface area contributed by atoms with Crippen molar-refractivity contribution in [3.05, 3.63) is 58.4 Å². The molecule has 0 saturated heterocycles. The molecule has 2 aromatic heterocycles. The van der Waals surface area contributed by atoms with Gasteiger partial charge in [-0.05, 0) is 23.1 Å². The number of hydrogen-bond acceptors (Lipinski definition) is 3. The van der Waals surface area contributed by atoms with E-state index in [2.05, 4.69) is 15.8 Å². The number of aromatic amines is 1. The number of para-hydroxylation sites is 1. The first kappa shape index (κ1) is 16.2. The topological polar surface area (TPSA) is 65.2 Å². The van der Waals surface area contributed by atoms with Gasteiger partial charge >= 0.3 is 0 Å². The largest absolute Gasteiger partial charge is 0.361 e. The van der Waals surface area contributed by atoms with Crippen molar-refractivity contribution < 1.29 is 8.42 Å². The number of benzene rings is 1. The lowest BCUT2D eigenvalue weighted by Crippen LogP contribution is -2.37. The van der Waals surface area contributed by atoms with Gasteiger partial charge in [-0.25, -0.2) is 4.72 Å². The normalized spacial score (nSPS) is 13.7. The summed E-state index contributed by atoms with van der Waals surface area (Å²) in [6, 6.07) is 12.1. The van der Waals surface area contributed by atoms with Crippen molar-refractivity contribution >= 4 is 32.4 Å². The zero-order chi connectivity index (χ0) is 16.4. The van der Waals surface area contributed by atoms with Crippen LogP contribution >= 0.6 is 11.3 Å². The van der Waals surface area contributed by atoms with Crippen LogP contribution in [0.15, 0.2) is 48.0 Å². The molecule has 0 fully saturated rings. The lowest BCUT2D eigenvalue weighted by atomic mass is 9.97. The quantitative estimate of drug-likeness (QED) is 0.719. The third kappa shape index (κ3) is 3.32. The number of nitrogens with one attached hydrogen (secondary N) is 2. The number of hydrogen-bond donors (Lipinski definition) is 2. The Hall–Kier alpha value is -1.67. The lowest BCUT2D eigenvalue weighted by Gasteiger charge is -2.18. The van der Waals surface area contributed by atoms with E-state index in [1.807, 2.05) is 41.9 Å². The van der Waals surface area contributed by atoms with Gasteiger partial charge in [0.05, 0.1) is 0 Å². The summed E-state index contributed by atoms with van der Waals surface area (Å²) < 4.78 is 28.0. The fraction of sp³-hybridized carbons (Fsp3) is 0.250. The standard InChI is InChI=1S/C16H19N3O2S2/c1-19(2)23(20,21)18-11-14(16-8-5-9-22-16)13-10-17-15-7-4-3-6-12(13)15/h3-10,14,17-18H,11H2,1-2H3/t14-/m1/s1. The summed E-state index contributed by atoms with van der Waals surface area (Å²) in [7, 11) is -0.407. The molecule has 0 aliphatic heterocycles. The number of H-pyrrole nitrogens is 1. The van der Waals surface area contributed by atoms with Gasteiger partial charge < -0.3 is 4.98 Å². The Balaban J connectivity index is 1.97. The number of nitrogens with zero attached hydrogens (tertiary/aromatic N) is 1.